The molecule has 146 valence electrons. The summed E-state index contributed by atoms with van der Waals surface area (Å²) >= 11 is 0. The fourth-order valence-corrected chi connectivity index (χ4v) is 2.90. The van der Waals surface area contributed by atoms with Crippen molar-refractivity contribution in [1.82, 2.24) is 5.32 Å². The van der Waals surface area contributed by atoms with Gasteiger partial charge in [0, 0.05) is 6.54 Å². The number of carbonyl (C=O) groups is 1. The molecule has 0 aliphatic carbocycles. The average molecular weight is 371 g/mol. The van der Waals surface area contributed by atoms with E-state index in [2.05, 4.69) is 11.4 Å². The van der Waals surface area contributed by atoms with E-state index in [1.54, 1.807) is 14.2 Å². The summed E-state index contributed by atoms with van der Waals surface area (Å²) in [6, 6.07) is 9.94. The van der Waals surface area contributed by atoms with Gasteiger partial charge < -0.3 is 19.5 Å². The van der Waals surface area contributed by atoms with Crippen LogP contribution in [0.4, 0.5) is 0 Å². The fraction of sp³-hybridized carbons (Fsp3) is 0.409. The van der Waals surface area contributed by atoms with Gasteiger partial charge in [0.1, 0.15) is 5.75 Å². The van der Waals surface area contributed by atoms with E-state index < -0.39 is 0 Å². The van der Waals surface area contributed by atoms with E-state index in [4.69, 9.17) is 14.2 Å². The quantitative estimate of drug-likeness (QED) is 0.682. The second-order valence-electron chi connectivity index (χ2n) is 6.64. The molecule has 0 aliphatic heterocycles. The molecule has 2 rings (SSSR count). The van der Waals surface area contributed by atoms with E-state index in [1.807, 2.05) is 45.0 Å². The van der Waals surface area contributed by atoms with Crippen molar-refractivity contribution in [3.05, 3.63) is 52.6 Å². The Morgan fingerprint density at radius 1 is 0.963 bits per heavy atom. The van der Waals surface area contributed by atoms with Crippen LogP contribution in [-0.2, 0) is 11.2 Å². The Kier molecular flexibility index (Phi) is 7.53. The summed E-state index contributed by atoms with van der Waals surface area (Å²) in [6.45, 7) is 6.70. The first-order valence-corrected chi connectivity index (χ1v) is 9.13. The average Bonchev–Trinajstić information content (AvgIpc) is 2.66. The monoisotopic (exact) mass is 371 g/mol. The number of aryl methyl sites for hydroxylation is 3. The molecule has 0 aromatic heterocycles. The van der Waals surface area contributed by atoms with Crippen molar-refractivity contribution in [1.29, 1.82) is 0 Å². The van der Waals surface area contributed by atoms with Crippen LogP contribution in [0.3, 0.4) is 0 Å². The number of ether oxygens (including phenoxy) is 3. The minimum Gasteiger partial charge on any atom is -0.493 e. The van der Waals surface area contributed by atoms with Gasteiger partial charge in [-0.2, -0.15) is 0 Å². The standard InChI is InChI=1S/C22H29NO4/c1-15-11-16(2)17(3)20(12-15)27-14-22(24)23-10-6-7-18-8-9-19(25-4)21(13-18)26-5/h8-9,11-13H,6-7,10,14H2,1-5H3,(H,23,24). The number of rotatable bonds is 9. The largest absolute Gasteiger partial charge is 0.493 e. The molecule has 0 bridgehead atoms. The lowest BCUT2D eigenvalue weighted by molar-refractivity contribution is -0.123. The summed E-state index contributed by atoms with van der Waals surface area (Å²) in [4.78, 5) is 12.0. The van der Waals surface area contributed by atoms with E-state index in [0.29, 0.717) is 12.3 Å². The van der Waals surface area contributed by atoms with E-state index in [-0.39, 0.29) is 12.5 Å². The van der Waals surface area contributed by atoms with Crippen LogP contribution in [0.1, 0.15) is 28.7 Å². The van der Waals surface area contributed by atoms with Crippen LogP contribution in [0.5, 0.6) is 17.2 Å². The first kappa shape index (κ1) is 20.6. The van der Waals surface area contributed by atoms with Crippen molar-refractivity contribution in [2.45, 2.75) is 33.6 Å². The maximum absolute atomic E-state index is 12.0. The van der Waals surface area contributed by atoms with Gasteiger partial charge in [0.2, 0.25) is 0 Å². The Morgan fingerprint density at radius 3 is 2.41 bits per heavy atom. The van der Waals surface area contributed by atoms with Crippen LogP contribution in [0.25, 0.3) is 0 Å². The van der Waals surface area contributed by atoms with Gasteiger partial charge in [-0.15, -0.1) is 0 Å². The summed E-state index contributed by atoms with van der Waals surface area (Å²) in [6.07, 6.45) is 1.68. The summed E-state index contributed by atoms with van der Waals surface area (Å²) in [5.74, 6) is 2.10. The van der Waals surface area contributed by atoms with Gasteiger partial charge in [0.15, 0.2) is 18.1 Å². The van der Waals surface area contributed by atoms with Crippen molar-refractivity contribution >= 4 is 5.91 Å². The van der Waals surface area contributed by atoms with Gasteiger partial charge in [-0.05, 0) is 74.1 Å². The van der Waals surface area contributed by atoms with Crippen molar-refractivity contribution in [2.75, 3.05) is 27.4 Å². The third-order valence-corrected chi connectivity index (χ3v) is 4.54. The lowest BCUT2D eigenvalue weighted by atomic mass is 10.1. The predicted molar refractivity (Wildman–Crippen MR) is 107 cm³/mol. The third kappa shape index (κ3) is 5.91. The Labute approximate surface area is 161 Å². The van der Waals surface area contributed by atoms with E-state index >= 15 is 0 Å². The van der Waals surface area contributed by atoms with Crippen LogP contribution in [0.2, 0.25) is 0 Å². The molecule has 5 nitrogen and oxygen atoms in total. The van der Waals surface area contributed by atoms with Crippen LogP contribution < -0.4 is 19.5 Å². The number of hydrogen-bond donors (Lipinski definition) is 1. The maximum atomic E-state index is 12.0. The van der Waals surface area contributed by atoms with Crippen LogP contribution in [0, 0.1) is 20.8 Å². The van der Waals surface area contributed by atoms with Gasteiger partial charge in [0.25, 0.3) is 5.91 Å². The van der Waals surface area contributed by atoms with Crippen molar-refractivity contribution < 1.29 is 19.0 Å². The predicted octanol–water partition coefficient (Wildman–Crippen LogP) is 3.76. The summed E-state index contributed by atoms with van der Waals surface area (Å²) < 4.78 is 16.2. The van der Waals surface area contributed by atoms with Crippen molar-refractivity contribution in [2.24, 2.45) is 0 Å². The summed E-state index contributed by atoms with van der Waals surface area (Å²) in [7, 11) is 3.24. The molecule has 2 aromatic carbocycles. The highest BCUT2D eigenvalue weighted by Crippen LogP contribution is 2.28. The second kappa shape index (κ2) is 9.86. The zero-order valence-electron chi connectivity index (χ0n) is 16.8. The molecule has 0 atom stereocenters. The number of carbonyl (C=O) groups excluding carboxylic acids is 1. The number of benzene rings is 2. The fourth-order valence-electron chi connectivity index (χ4n) is 2.90. The molecule has 1 N–H and O–H groups in total. The Bertz CT molecular complexity index is 786. The highest BCUT2D eigenvalue weighted by molar-refractivity contribution is 5.77. The van der Waals surface area contributed by atoms with Crippen molar-refractivity contribution in [3.8, 4) is 17.2 Å². The zero-order valence-corrected chi connectivity index (χ0v) is 16.8. The van der Waals surface area contributed by atoms with Crippen LogP contribution in [0.15, 0.2) is 30.3 Å². The van der Waals surface area contributed by atoms with Gasteiger partial charge in [-0.1, -0.05) is 12.1 Å². The topological polar surface area (TPSA) is 56.8 Å². The van der Waals surface area contributed by atoms with E-state index in [1.165, 1.54) is 5.56 Å². The summed E-state index contributed by atoms with van der Waals surface area (Å²) in [5, 5.41) is 2.90. The molecular formula is C22H29NO4. The molecule has 0 radical (unpaired) electrons. The number of methoxy groups -OCH3 is 2. The second-order valence-corrected chi connectivity index (χ2v) is 6.64. The minimum absolute atomic E-state index is 0.0279. The number of hydrogen-bond acceptors (Lipinski definition) is 4. The molecule has 0 spiro atoms. The van der Waals surface area contributed by atoms with E-state index in [0.717, 1.165) is 41.0 Å². The highest BCUT2D eigenvalue weighted by Gasteiger charge is 2.08. The van der Waals surface area contributed by atoms with Gasteiger partial charge >= 0.3 is 0 Å². The minimum atomic E-state index is -0.110. The molecule has 0 heterocycles. The number of amides is 1. The molecule has 1 amide bonds. The molecule has 5 heteroatoms. The SMILES string of the molecule is COc1ccc(CCCNC(=O)COc2cc(C)cc(C)c2C)cc1OC. The lowest BCUT2D eigenvalue weighted by Gasteiger charge is -2.12. The summed E-state index contributed by atoms with van der Waals surface area (Å²) in [5.41, 5.74) is 4.51. The Balaban J connectivity index is 1.75. The first-order chi connectivity index (χ1) is 12.9. The highest BCUT2D eigenvalue weighted by atomic mass is 16.5. The molecule has 0 aliphatic rings. The van der Waals surface area contributed by atoms with Crippen molar-refractivity contribution in [3.63, 3.8) is 0 Å². The Hall–Kier alpha value is -2.69. The molecule has 0 saturated carbocycles. The third-order valence-electron chi connectivity index (χ3n) is 4.54. The maximum Gasteiger partial charge on any atom is 0.257 e. The molecule has 0 unspecified atom stereocenters. The van der Waals surface area contributed by atoms with Crippen LogP contribution in [-0.4, -0.2) is 33.3 Å². The molecular weight excluding hydrogens is 342 g/mol. The molecule has 0 fully saturated rings. The van der Waals surface area contributed by atoms with Gasteiger partial charge in [0.05, 0.1) is 14.2 Å². The van der Waals surface area contributed by atoms with E-state index in [9.17, 15) is 4.79 Å². The zero-order chi connectivity index (χ0) is 19.8. The smallest absolute Gasteiger partial charge is 0.257 e. The normalized spacial score (nSPS) is 10.4. The first-order valence-electron chi connectivity index (χ1n) is 9.13. The van der Waals surface area contributed by atoms with Gasteiger partial charge in [-0.3, -0.25) is 4.79 Å². The lowest BCUT2D eigenvalue weighted by Crippen LogP contribution is -2.30. The number of nitrogens with one attached hydrogen (secondary N) is 1. The Morgan fingerprint density at radius 2 is 1.70 bits per heavy atom. The molecule has 2 aromatic rings. The van der Waals surface area contributed by atoms with Crippen LogP contribution >= 0.6 is 0 Å². The molecule has 0 saturated heterocycles. The van der Waals surface area contributed by atoms with Gasteiger partial charge in [-0.25, -0.2) is 0 Å². The molecule has 27 heavy (non-hydrogen) atoms.